The lowest BCUT2D eigenvalue weighted by Crippen LogP contribution is -2.49. The lowest BCUT2D eigenvalue weighted by molar-refractivity contribution is -0.122. The predicted octanol–water partition coefficient (Wildman–Crippen LogP) is 6.54. The predicted molar refractivity (Wildman–Crippen MR) is 198 cm³/mol. The number of carbonyl (C=O) groups is 4. The summed E-state index contributed by atoms with van der Waals surface area (Å²) in [6, 6.07) is 10.1. The van der Waals surface area contributed by atoms with Gasteiger partial charge in [0.2, 0.25) is 11.8 Å². The number of carboxylic acids is 1. The van der Waals surface area contributed by atoms with Gasteiger partial charge in [-0.1, -0.05) is 56.1 Å². The van der Waals surface area contributed by atoms with Gasteiger partial charge in [-0.3, -0.25) is 9.59 Å². The van der Waals surface area contributed by atoms with Crippen LogP contribution in [-0.2, 0) is 40.6 Å². The number of methoxy groups -OCH3 is 2. The van der Waals surface area contributed by atoms with Gasteiger partial charge in [-0.15, -0.1) is 0 Å². The fourth-order valence-electron chi connectivity index (χ4n) is 7.25. The third kappa shape index (κ3) is 8.42. The number of hydrogen-bond donors (Lipinski definition) is 4. The first-order valence-electron chi connectivity index (χ1n) is 17.0. The summed E-state index contributed by atoms with van der Waals surface area (Å²) >= 11 is 12.6. The standard InChI is InChI=1S/C38H42Cl2FN3O10/c1-37(2,3)18-29-38(24-16-26(41)25(40)17-28(24)43-35(38)48)30(20-7-6-8-21(39)15-20)31(44-29)33(45)42-27-10-9-22(34(46)47)23(32(27)51-5)19-54-36(49)53-14-13-52-12-11-50-4/h6-10,15-17,29-31,44H,11-14,18-19H2,1-5H3,(H,42,45)(H,43,48)(H,46,47)/t29-,30+,31+,38+/m0/s1. The number of benzene rings is 3. The Labute approximate surface area is 321 Å². The molecule has 4 atom stereocenters. The minimum absolute atomic E-state index is 0.0552. The second kappa shape index (κ2) is 16.9. The van der Waals surface area contributed by atoms with Crippen LogP contribution in [0, 0.1) is 11.2 Å². The number of amides is 2. The number of halogens is 3. The summed E-state index contributed by atoms with van der Waals surface area (Å²) in [5, 5.41) is 19.3. The molecule has 1 saturated heterocycles. The molecule has 0 bridgehead atoms. The second-order valence-corrected chi connectivity index (χ2v) is 14.9. The van der Waals surface area contributed by atoms with Crippen LogP contribution in [0.5, 0.6) is 5.75 Å². The third-order valence-electron chi connectivity index (χ3n) is 9.36. The number of carboxylic acid groups (broad SMARTS) is 1. The number of nitrogens with one attached hydrogen (secondary N) is 3. The molecule has 2 aliphatic heterocycles. The Morgan fingerprint density at radius 1 is 1.00 bits per heavy atom. The molecule has 16 heteroatoms. The number of anilines is 2. The Balaban J connectivity index is 1.53. The molecule has 2 heterocycles. The Bertz CT molecular complexity index is 1920. The van der Waals surface area contributed by atoms with Gasteiger partial charge in [-0.2, -0.15) is 0 Å². The summed E-state index contributed by atoms with van der Waals surface area (Å²) in [6.07, 6.45) is -0.695. The first kappa shape index (κ1) is 40.7. The summed E-state index contributed by atoms with van der Waals surface area (Å²) < 4.78 is 41.2. The summed E-state index contributed by atoms with van der Waals surface area (Å²) in [7, 11) is 2.79. The molecule has 0 unspecified atom stereocenters. The van der Waals surface area contributed by atoms with Crippen LogP contribution in [0.3, 0.4) is 0 Å². The zero-order valence-electron chi connectivity index (χ0n) is 30.3. The molecule has 5 rings (SSSR count). The van der Waals surface area contributed by atoms with E-state index in [2.05, 4.69) is 16.0 Å². The van der Waals surface area contributed by atoms with Crippen LogP contribution >= 0.6 is 23.2 Å². The quantitative estimate of drug-likeness (QED) is 0.103. The average Bonchev–Trinajstić information content (AvgIpc) is 3.58. The molecule has 0 aromatic heterocycles. The van der Waals surface area contributed by atoms with Gasteiger partial charge in [0, 0.05) is 35.3 Å². The van der Waals surface area contributed by atoms with Crippen LogP contribution in [0.25, 0.3) is 0 Å². The summed E-state index contributed by atoms with van der Waals surface area (Å²) in [5.41, 5.74) is -0.922. The number of rotatable bonds is 14. The molecule has 0 saturated carbocycles. The molecule has 0 aliphatic carbocycles. The van der Waals surface area contributed by atoms with E-state index in [1.807, 2.05) is 20.8 Å². The van der Waals surface area contributed by atoms with Crippen molar-refractivity contribution in [1.82, 2.24) is 5.32 Å². The third-order valence-corrected chi connectivity index (χ3v) is 9.88. The zero-order valence-corrected chi connectivity index (χ0v) is 31.9. The van der Waals surface area contributed by atoms with Gasteiger partial charge >= 0.3 is 12.1 Å². The SMILES string of the molecule is COCCOCCOC(=O)OCc1c(C(=O)O)ccc(NC(=O)[C@@H]2N[C@@H](CC(C)(C)C)[C@@]3(C(=O)Nc4cc(Cl)c(F)cc43)[C@@H]2c2cccc(Cl)c2)c1OC. The van der Waals surface area contributed by atoms with Crippen LogP contribution in [0.15, 0.2) is 48.5 Å². The molecule has 13 nitrogen and oxygen atoms in total. The van der Waals surface area contributed by atoms with E-state index in [4.69, 9.17) is 46.9 Å². The summed E-state index contributed by atoms with van der Waals surface area (Å²) in [5.74, 6) is -4.15. The van der Waals surface area contributed by atoms with E-state index in [-0.39, 0.29) is 46.2 Å². The van der Waals surface area contributed by atoms with Crippen molar-refractivity contribution in [1.29, 1.82) is 0 Å². The zero-order chi connectivity index (χ0) is 39.4. The fourth-order valence-corrected chi connectivity index (χ4v) is 7.61. The molecule has 1 spiro atoms. The Morgan fingerprint density at radius 3 is 2.41 bits per heavy atom. The average molecular weight is 791 g/mol. The maximum absolute atomic E-state index is 15.3. The molecule has 2 amide bonds. The molecule has 2 aliphatic rings. The topological polar surface area (TPSA) is 171 Å². The lowest BCUT2D eigenvalue weighted by Gasteiger charge is -2.37. The van der Waals surface area contributed by atoms with E-state index in [1.54, 1.807) is 24.3 Å². The van der Waals surface area contributed by atoms with E-state index in [0.717, 1.165) is 0 Å². The number of ether oxygens (including phenoxy) is 5. The minimum atomic E-state index is -1.51. The molecule has 290 valence electrons. The molecular formula is C38H42Cl2FN3O10. The van der Waals surface area contributed by atoms with Crippen molar-refractivity contribution in [2.24, 2.45) is 5.41 Å². The van der Waals surface area contributed by atoms with Crippen molar-refractivity contribution in [3.05, 3.63) is 86.6 Å². The number of aromatic carboxylic acids is 1. The number of hydrogen-bond acceptors (Lipinski definition) is 10. The Kier molecular flexibility index (Phi) is 12.7. The van der Waals surface area contributed by atoms with Crippen LogP contribution < -0.4 is 20.7 Å². The highest BCUT2D eigenvalue weighted by molar-refractivity contribution is 6.31. The van der Waals surface area contributed by atoms with E-state index in [0.29, 0.717) is 41.5 Å². The van der Waals surface area contributed by atoms with Crippen molar-refractivity contribution in [2.75, 3.05) is 51.3 Å². The van der Waals surface area contributed by atoms with Crippen molar-refractivity contribution in [3.63, 3.8) is 0 Å². The van der Waals surface area contributed by atoms with Crippen LogP contribution in [0.2, 0.25) is 10.0 Å². The number of fused-ring (bicyclic) bond motifs is 2. The van der Waals surface area contributed by atoms with Gasteiger partial charge in [-0.05, 0) is 59.4 Å². The van der Waals surface area contributed by atoms with Crippen molar-refractivity contribution in [3.8, 4) is 5.75 Å². The molecule has 1 fully saturated rings. The van der Waals surface area contributed by atoms with Gasteiger partial charge < -0.3 is 44.7 Å². The molecule has 3 aromatic rings. The number of carbonyl (C=O) groups excluding carboxylic acids is 3. The van der Waals surface area contributed by atoms with Gasteiger partial charge in [0.15, 0.2) is 0 Å². The van der Waals surface area contributed by atoms with Crippen LogP contribution in [-0.4, -0.2) is 81.8 Å². The molecular weight excluding hydrogens is 748 g/mol. The first-order chi connectivity index (χ1) is 25.6. The second-order valence-electron chi connectivity index (χ2n) is 14.1. The van der Waals surface area contributed by atoms with E-state index in [9.17, 15) is 24.3 Å². The monoisotopic (exact) mass is 789 g/mol. The smallest absolute Gasteiger partial charge is 0.494 e. The Hall–Kier alpha value is -4.47. The van der Waals surface area contributed by atoms with Gasteiger partial charge in [-0.25, -0.2) is 14.0 Å². The van der Waals surface area contributed by atoms with Crippen molar-refractivity contribution < 1.29 is 52.4 Å². The summed E-state index contributed by atoms with van der Waals surface area (Å²) in [6.45, 7) is 6.03. The van der Waals surface area contributed by atoms with Gasteiger partial charge in [0.1, 0.15) is 30.2 Å². The highest BCUT2D eigenvalue weighted by atomic mass is 35.5. The Morgan fingerprint density at radius 2 is 1.74 bits per heavy atom. The first-order valence-corrected chi connectivity index (χ1v) is 17.8. The normalized spacial score (nSPS) is 20.4. The molecule has 3 aromatic carbocycles. The maximum atomic E-state index is 15.3. The van der Waals surface area contributed by atoms with E-state index >= 15 is 4.39 Å². The molecule has 4 N–H and O–H groups in total. The van der Waals surface area contributed by atoms with E-state index in [1.165, 1.54) is 38.5 Å². The fraction of sp³-hybridized carbons (Fsp3) is 0.421. The maximum Gasteiger partial charge on any atom is 0.508 e. The minimum Gasteiger partial charge on any atom is -0.494 e. The van der Waals surface area contributed by atoms with Crippen LogP contribution in [0.4, 0.5) is 20.6 Å². The molecule has 54 heavy (non-hydrogen) atoms. The highest BCUT2D eigenvalue weighted by Gasteiger charge is 2.66. The van der Waals surface area contributed by atoms with Crippen molar-refractivity contribution >= 4 is 58.5 Å². The van der Waals surface area contributed by atoms with E-state index < -0.39 is 59.8 Å². The highest BCUT2D eigenvalue weighted by Crippen LogP contribution is 2.57. The summed E-state index contributed by atoms with van der Waals surface area (Å²) in [4.78, 5) is 53.7. The van der Waals surface area contributed by atoms with Gasteiger partial charge in [0.05, 0.1) is 49.2 Å². The van der Waals surface area contributed by atoms with Crippen molar-refractivity contribution in [2.45, 2.75) is 57.2 Å². The molecule has 0 radical (unpaired) electrons. The largest absolute Gasteiger partial charge is 0.508 e. The lowest BCUT2D eigenvalue weighted by atomic mass is 9.62. The van der Waals surface area contributed by atoms with Crippen LogP contribution in [0.1, 0.15) is 60.2 Å². The van der Waals surface area contributed by atoms with Gasteiger partial charge in [0.25, 0.3) is 0 Å².